The van der Waals surface area contributed by atoms with Crippen LogP contribution in [0.3, 0.4) is 0 Å². The van der Waals surface area contributed by atoms with Crippen LogP contribution in [-0.4, -0.2) is 35.6 Å². The fourth-order valence-electron chi connectivity index (χ4n) is 3.33. The first-order valence-electron chi connectivity index (χ1n) is 9.65. The fraction of sp³-hybridized carbons (Fsp3) is 0.450. The van der Waals surface area contributed by atoms with Crippen molar-refractivity contribution in [3.63, 3.8) is 0 Å². The van der Waals surface area contributed by atoms with Crippen LogP contribution in [0.25, 0.3) is 5.57 Å². The van der Waals surface area contributed by atoms with E-state index in [0.717, 1.165) is 48.4 Å². The smallest absolute Gasteiger partial charge is 0.307 e. The molecule has 2 aromatic rings. The molecular formula is C20H25NO2S2. The molecule has 0 unspecified atom stereocenters. The van der Waals surface area contributed by atoms with Gasteiger partial charge in [-0.1, -0.05) is 6.08 Å². The molecule has 0 spiro atoms. The van der Waals surface area contributed by atoms with Crippen molar-refractivity contribution in [1.82, 2.24) is 4.90 Å². The van der Waals surface area contributed by atoms with Crippen LogP contribution in [0.4, 0.5) is 0 Å². The molecule has 5 heteroatoms. The van der Waals surface area contributed by atoms with E-state index in [9.17, 15) is 9.90 Å². The van der Waals surface area contributed by atoms with Crippen LogP contribution in [0.2, 0.25) is 0 Å². The number of nitrogens with zero attached hydrogens (tertiary/aromatic N) is 1. The molecule has 3 heterocycles. The highest BCUT2D eigenvalue weighted by atomic mass is 32.1. The van der Waals surface area contributed by atoms with Crippen molar-refractivity contribution in [3.05, 3.63) is 49.8 Å². The quantitative estimate of drug-likeness (QED) is 0.766. The Labute approximate surface area is 160 Å². The predicted molar refractivity (Wildman–Crippen MR) is 107 cm³/mol. The molecule has 0 aliphatic carbocycles. The Bertz CT molecular complexity index is 856. The van der Waals surface area contributed by atoms with Gasteiger partial charge in [-0.15, -0.1) is 22.7 Å². The van der Waals surface area contributed by atoms with Crippen LogP contribution >= 0.6 is 22.7 Å². The molecule has 3 rings (SSSR count). The van der Waals surface area contributed by atoms with Gasteiger partial charge in [0.25, 0.3) is 0 Å². The van der Waals surface area contributed by atoms with E-state index in [0.29, 0.717) is 17.9 Å². The molecule has 0 radical (unpaired) electrons. The molecule has 3 nitrogen and oxygen atoms in total. The number of likely N-dealkylation sites (tertiary alicyclic amines) is 1. The normalized spacial score (nSPS) is 20.4. The number of piperidine rings is 1. The zero-order valence-electron chi connectivity index (χ0n) is 16.7. The van der Waals surface area contributed by atoms with Gasteiger partial charge in [0.2, 0.25) is 0 Å². The molecule has 2 aromatic heterocycles. The van der Waals surface area contributed by atoms with Crippen molar-refractivity contribution in [1.29, 1.82) is 0 Å². The Balaban J connectivity index is 1.80. The largest absolute Gasteiger partial charge is 0.481 e. The topological polar surface area (TPSA) is 40.5 Å². The Hall–Kier alpha value is -1.43. The fourth-order valence-corrected chi connectivity index (χ4v) is 5.18. The number of hydrogen-bond acceptors (Lipinski definition) is 4. The van der Waals surface area contributed by atoms with Crippen molar-refractivity contribution in [3.8, 4) is 0 Å². The third kappa shape index (κ3) is 4.40. The Kier molecular flexibility index (Phi) is 5.24. The van der Waals surface area contributed by atoms with Gasteiger partial charge in [0.05, 0.1) is 8.66 Å². The predicted octanol–water partition coefficient (Wildman–Crippen LogP) is 5.04. The zero-order valence-corrected chi connectivity index (χ0v) is 16.3. The molecule has 0 saturated carbocycles. The van der Waals surface area contributed by atoms with Crippen molar-refractivity contribution in [2.45, 2.75) is 33.1 Å². The average Bonchev–Trinajstić information content (AvgIpc) is 3.18. The average molecular weight is 378 g/mol. The maximum atomic E-state index is 11.3. The van der Waals surface area contributed by atoms with E-state index in [1.807, 2.05) is 6.92 Å². The van der Waals surface area contributed by atoms with Gasteiger partial charge in [-0.3, -0.25) is 4.79 Å². The monoisotopic (exact) mass is 377 g/mol. The maximum Gasteiger partial charge on any atom is 0.307 e. The van der Waals surface area contributed by atoms with E-state index in [1.54, 1.807) is 11.3 Å². The molecule has 0 aromatic carbocycles. The van der Waals surface area contributed by atoms with E-state index in [1.165, 1.54) is 21.8 Å². The number of thiophene rings is 2. The van der Waals surface area contributed by atoms with Crippen LogP contribution in [0.1, 0.15) is 42.9 Å². The summed E-state index contributed by atoms with van der Waals surface area (Å²) >= 11 is 3.06. The Morgan fingerprint density at radius 2 is 2.20 bits per heavy atom. The number of rotatable bonds is 6. The summed E-state index contributed by atoms with van der Waals surface area (Å²) < 4.78 is 16.1. The lowest BCUT2D eigenvalue weighted by atomic mass is 9.98. The summed E-state index contributed by atoms with van der Waals surface area (Å²) in [6, 6.07) is 2.41. The highest BCUT2D eigenvalue weighted by Gasteiger charge is 2.24. The number of carbonyl (C=O) groups is 1. The molecule has 25 heavy (non-hydrogen) atoms. The molecule has 0 amide bonds. The summed E-state index contributed by atoms with van der Waals surface area (Å²) in [4.78, 5) is 15.7. The molecule has 1 aliphatic rings. The van der Waals surface area contributed by atoms with Gasteiger partial charge in [-0.2, -0.15) is 0 Å². The second kappa shape index (κ2) is 8.30. The lowest BCUT2D eigenvalue weighted by molar-refractivity contribution is -0.143. The maximum absolute atomic E-state index is 11.3. The minimum Gasteiger partial charge on any atom is -0.481 e. The van der Waals surface area contributed by atoms with Crippen LogP contribution in [0, 0.1) is 19.8 Å². The summed E-state index contributed by atoms with van der Waals surface area (Å²) in [5, 5.41) is 11.6. The molecule has 1 saturated heterocycles. The van der Waals surface area contributed by atoms with Gasteiger partial charge < -0.3 is 10.0 Å². The number of hydrogen-bond donors (Lipinski definition) is 1. The molecule has 1 atom stereocenters. The first-order chi connectivity index (χ1) is 12.9. The first-order valence-corrected chi connectivity index (χ1v) is 10.3. The lowest BCUT2D eigenvalue weighted by Crippen LogP contribution is -2.39. The number of carboxylic acids is 1. The summed E-state index contributed by atoms with van der Waals surface area (Å²) in [6.45, 7) is 6.43. The lowest BCUT2D eigenvalue weighted by Gasteiger charge is -2.30. The molecule has 1 N–H and O–H groups in total. The molecule has 134 valence electrons. The summed E-state index contributed by atoms with van der Waals surface area (Å²) in [5.41, 5.74) is 3.19. The minimum atomic E-state index is -0.690. The summed E-state index contributed by atoms with van der Waals surface area (Å²) in [5.74, 6) is -0.941. The SMILES string of the molecule is [2H]c1sc(/C(=C/CCN2CCC[C@@H](C(=O)O)C2)c2sccc2C)c(C)c1[2H]. The van der Waals surface area contributed by atoms with Gasteiger partial charge in [0.15, 0.2) is 0 Å². The van der Waals surface area contributed by atoms with Crippen molar-refractivity contribution in [2.24, 2.45) is 5.92 Å². The molecule has 1 fully saturated rings. The van der Waals surface area contributed by atoms with E-state index in [2.05, 4.69) is 29.3 Å². The van der Waals surface area contributed by atoms with E-state index < -0.39 is 5.97 Å². The number of aliphatic carboxylic acids is 1. The van der Waals surface area contributed by atoms with Crippen molar-refractivity contribution < 1.29 is 12.6 Å². The Morgan fingerprint density at radius 1 is 1.40 bits per heavy atom. The van der Waals surface area contributed by atoms with Crippen molar-refractivity contribution >= 4 is 34.2 Å². The van der Waals surface area contributed by atoms with Gasteiger partial charge in [0.1, 0.15) is 0 Å². The van der Waals surface area contributed by atoms with E-state index >= 15 is 0 Å². The third-order valence-electron chi connectivity index (χ3n) is 4.73. The summed E-state index contributed by atoms with van der Waals surface area (Å²) in [7, 11) is 0. The van der Waals surface area contributed by atoms with Crippen LogP contribution in [0.15, 0.2) is 28.9 Å². The second-order valence-corrected chi connectivity index (χ2v) is 8.33. The van der Waals surface area contributed by atoms with Gasteiger partial charge >= 0.3 is 5.97 Å². The summed E-state index contributed by atoms with van der Waals surface area (Å²) in [6.07, 6.45) is 4.75. The third-order valence-corrected chi connectivity index (χ3v) is 6.72. The molecule has 0 bridgehead atoms. The van der Waals surface area contributed by atoms with E-state index in [-0.39, 0.29) is 5.92 Å². The van der Waals surface area contributed by atoms with Crippen LogP contribution < -0.4 is 0 Å². The molecule has 1 aliphatic heterocycles. The minimum absolute atomic E-state index is 0.252. The van der Waals surface area contributed by atoms with Gasteiger partial charge in [0, 0.05) is 28.4 Å². The second-order valence-electron chi connectivity index (χ2n) is 6.60. The number of carboxylic acid groups (broad SMARTS) is 1. The Morgan fingerprint density at radius 3 is 2.84 bits per heavy atom. The van der Waals surface area contributed by atoms with Gasteiger partial charge in [-0.25, -0.2) is 0 Å². The standard InChI is InChI=1S/C20H25NO2S2/c1-14-7-11-24-18(14)17(19-15(2)8-12-25-19)6-4-10-21-9-3-5-16(13-21)20(22)23/h6-8,11-12,16H,3-5,9-10,13H2,1-2H3,(H,22,23)/t16-/m1/s1/i7D,11D/b17-6-. The zero-order chi connectivity index (χ0) is 19.6. The van der Waals surface area contributed by atoms with Crippen LogP contribution in [-0.2, 0) is 4.79 Å². The van der Waals surface area contributed by atoms with Crippen molar-refractivity contribution in [2.75, 3.05) is 19.6 Å². The first kappa shape index (κ1) is 15.8. The molecular weight excluding hydrogens is 350 g/mol. The van der Waals surface area contributed by atoms with E-state index in [4.69, 9.17) is 2.74 Å². The highest BCUT2D eigenvalue weighted by molar-refractivity contribution is 7.14. The number of aryl methyl sites for hydroxylation is 1. The van der Waals surface area contributed by atoms with Crippen LogP contribution in [0.5, 0.6) is 0 Å². The van der Waals surface area contributed by atoms with Gasteiger partial charge in [-0.05, 0) is 73.6 Å². The highest BCUT2D eigenvalue weighted by Crippen LogP contribution is 2.35.